The number of nitrogens with one attached hydrogen (secondary N) is 1. The Hall–Kier alpha value is -1.85. The molecule has 1 aromatic heterocycles. The van der Waals surface area contributed by atoms with Crippen LogP contribution >= 0.6 is 0 Å². The maximum absolute atomic E-state index is 9.25. The Morgan fingerprint density at radius 1 is 1.21 bits per heavy atom. The van der Waals surface area contributed by atoms with Crippen molar-refractivity contribution in [1.29, 1.82) is 0 Å². The van der Waals surface area contributed by atoms with Gasteiger partial charge in [0, 0.05) is 12.7 Å². The number of hydrogen-bond donors (Lipinski definition) is 3. The maximum atomic E-state index is 9.25. The first-order valence-electron chi connectivity index (χ1n) is 6.20. The summed E-state index contributed by atoms with van der Waals surface area (Å²) < 4.78 is 2.03. The van der Waals surface area contributed by atoms with Crippen LogP contribution in [0, 0.1) is 6.92 Å². The van der Waals surface area contributed by atoms with Crippen molar-refractivity contribution in [2.45, 2.75) is 26.7 Å². The third-order valence-electron chi connectivity index (χ3n) is 3.34. The number of benzene rings is 1. The highest BCUT2D eigenvalue weighted by molar-refractivity contribution is 5.48. The van der Waals surface area contributed by atoms with Gasteiger partial charge in [0.15, 0.2) is 0 Å². The minimum absolute atomic E-state index is 0.0584. The van der Waals surface area contributed by atoms with Crippen LogP contribution in [0.1, 0.15) is 22.6 Å². The van der Waals surface area contributed by atoms with E-state index in [0.717, 1.165) is 28.3 Å². The highest BCUT2D eigenvalue weighted by Crippen LogP contribution is 2.17. The topological polar surface area (TPSA) is 70.3 Å². The Bertz CT molecular complexity index is 564. The maximum Gasteiger partial charge on any atom is 0.105 e. The average molecular weight is 261 g/mol. The highest BCUT2D eigenvalue weighted by Gasteiger charge is 2.04. The second kappa shape index (κ2) is 5.86. The van der Waals surface area contributed by atoms with Crippen LogP contribution < -0.4 is 5.32 Å². The fraction of sp³-hybridized carbons (Fsp3) is 0.357. The first-order valence-corrected chi connectivity index (χ1v) is 6.20. The molecule has 0 bridgehead atoms. The molecule has 0 amide bonds. The number of rotatable bonds is 5. The Morgan fingerprint density at radius 3 is 2.53 bits per heavy atom. The molecule has 0 aliphatic heterocycles. The fourth-order valence-electron chi connectivity index (χ4n) is 1.94. The van der Waals surface area contributed by atoms with Crippen molar-refractivity contribution in [3.05, 3.63) is 47.0 Å². The quantitative estimate of drug-likeness (QED) is 0.759. The van der Waals surface area contributed by atoms with Crippen LogP contribution in [0.4, 0.5) is 5.69 Å². The predicted octanol–water partition coefficient (Wildman–Crippen LogP) is 1.33. The van der Waals surface area contributed by atoms with Gasteiger partial charge in [-0.25, -0.2) is 4.98 Å². The van der Waals surface area contributed by atoms with Crippen molar-refractivity contribution in [1.82, 2.24) is 9.55 Å². The molecule has 0 fully saturated rings. The lowest BCUT2D eigenvalue weighted by atomic mass is 10.1. The highest BCUT2D eigenvalue weighted by atomic mass is 16.3. The molecule has 0 saturated heterocycles. The van der Waals surface area contributed by atoms with Gasteiger partial charge in [0.25, 0.3) is 0 Å². The lowest BCUT2D eigenvalue weighted by molar-refractivity contribution is 0.260. The van der Waals surface area contributed by atoms with Crippen LogP contribution in [0.3, 0.4) is 0 Å². The monoisotopic (exact) mass is 261 g/mol. The van der Waals surface area contributed by atoms with Gasteiger partial charge in [-0.05, 0) is 30.2 Å². The van der Waals surface area contributed by atoms with Crippen molar-refractivity contribution in [3.8, 4) is 0 Å². The summed E-state index contributed by atoms with van der Waals surface area (Å²) in [5.41, 5.74) is 3.51. The summed E-state index contributed by atoms with van der Waals surface area (Å²) >= 11 is 0. The van der Waals surface area contributed by atoms with E-state index < -0.39 is 0 Å². The molecule has 102 valence electrons. The van der Waals surface area contributed by atoms with Gasteiger partial charge in [-0.15, -0.1) is 0 Å². The SMILES string of the molecule is Cc1ncc(CNc2ccc(CO)c(CO)c2)n1C. The molecule has 5 heteroatoms. The van der Waals surface area contributed by atoms with Gasteiger partial charge in [0.1, 0.15) is 5.82 Å². The molecule has 0 aliphatic carbocycles. The van der Waals surface area contributed by atoms with E-state index in [1.807, 2.05) is 42.9 Å². The molecule has 0 aliphatic rings. The Labute approximate surface area is 112 Å². The number of imidazole rings is 1. The number of aliphatic hydroxyl groups excluding tert-OH is 2. The van der Waals surface area contributed by atoms with Gasteiger partial charge >= 0.3 is 0 Å². The number of nitrogens with zero attached hydrogens (tertiary/aromatic N) is 2. The zero-order chi connectivity index (χ0) is 13.8. The van der Waals surface area contributed by atoms with Gasteiger partial charge in [-0.3, -0.25) is 0 Å². The largest absolute Gasteiger partial charge is 0.392 e. The van der Waals surface area contributed by atoms with Crippen molar-refractivity contribution >= 4 is 5.69 Å². The van der Waals surface area contributed by atoms with Gasteiger partial charge in [0.2, 0.25) is 0 Å². The molecular weight excluding hydrogens is 242 g/mol. The normalized spacial score (nSPS) is 10.7. The molecule has 0 unspecified atom stereocenters. The third kappa shape index (κ3) is 2.94. The number of aliphatic hydroxyl groups is 2. The summed E-state index contributed by atoms with van der Waals surface area (Å²) in [6.45, 7) is 2.50. The first kappa shape index (κ1) is 13.6. The van der Waals surface area contributed by atoms with Gasteiger partial charge in [-0.1, -0.05) is 6.07 Å². The summed E-state index contributed by atoms with van der Waals surface area (Å²) in [5.74, 6) is 0.975. The van der Waals surface area contributed by atoms with Gasteiger partial charge in [-0.2, -0.15) is 0 Å². The second-order valence-electron chi connectivity index (χ2n) is 4.51. The summed E-state index contributed by atoms with van der Waals surface area (Å²) in [6, 6.07) is 5.57. The molecule has 0 spiro atoms. The van der Waals surface area contributed by atoms with E-state index in [2.05, 4.69) is 10.3 Å². The number of hydrogen-bond acceptors (Lipinski definition) is 4. The minimum Gasteiger partial charge on any atom is -0.392 e. The Morgan fingerprint density at radius 2 is 1.95 bits per heavy atom. The van der Waals surface area contributed by atoms with Crippen molar-refractivity contribution < 1.29 is 10.2 Å². The van der Waals surface area contributed by atoms with E-state index in [4.69, 9.17) is 5.11 Å². The van der Waals surface area contributed by atoms with Crippen LogP contribution in [-0.4, -0.2) is 19.8 Å². The van der Waals surface area contributed by atoms with Gasteiger partial charge in [0.05, 0.1) is 31.6 Å². The van der Waals surface area contributed by atoms with E-state index >= 15 is 0 Å². The zero-order valence-corrected chi connectivity index (χ0v) is 11.2. The Kier molecular flexibility index (Phi) is 4.19. The average Bonchev–Trinajstić information content (AvgIpc) is 2.76. The number of anilines is 1. The van der Waals surface area contributed by atoms with Crippen molar-refractivity contribution in [3.63, 3.8) is 0 Å². The zero-order valence-electron chi connectivity index (χ0n) is 11.2. The number of aryl methyl sites for hydroxylation is 1. The van der Waals surface area contributed by atoms with Crippen LogP contribution in [0.15, 0.2) is 24.4 Å². The van der Waals surface area contributed by atoms with Crippen LogP contribution in [-0.2, 0) is 26.8 Å². The van der Waals surface area contributed by atoms with E-state index in [1.54, 1.807) is 0 Å². The Balaban J connectivity index is 2.09. The van der Waals surface area contributed by atoms with E-state index in [-0.39, 0.29) is 13.2 Å². The third-order valence-corrected chi connectivity index (χ3v) is 3.34. The van der Waals surface area contributed by atoms with Crippen molar-refractivity contribution in [2.75, 3.05) is 5.32 Å². The molecule has 1 aromatic carbocycles. The molecule has 2 aromatic rings. The van der Waals surface area contributed by atoms with Crippen LogP contribution in [0.5, 0.6) is 0 Å². The lowest BCUT2D eigenvalue weighted by Crippen LogP contribution is -2.06. The summed E-state index contributed by atoms with van der Waals surface area (Å²) in [5, 5.41) is 21.7. The standard InChI is InChI=1S/C14H19N3O2/c1-10-15-6-14(17(10)2)7-16-13-4-3-11(8-18)12(5-13)9-19/h3-6,16,18-19H,7-9H2,1-2H3. The molecule has 3 N–H and O–H groups in total. The fourth-order valence-corrected chi connectivity index (χ4v) is 1.94. The molecule has 0 saturated carbocycles. The first-order chi connectivity index (χ1) is 9.15. The molecule has 0 atom stereocenters. The predicted molar refractivity (Wildman–Crippen MR) is 73.6 cm³/mol. The smallest absolute Gasteiger partial charge is 0.105 e. The van der Waals surface area contributed by atoms with E-state index in [9.17, 15) is 5.11 Å². The summed E-state index contributed by atoms with van der Waals surface area (Å²) in [4.78, 5) is 4.24. The second-order valence-corrected chi connectivity index (χ2v) is 4.51. The minimum atomic E-state index is -0.0732. The molecule has 0 radical (unpaired) electrons. The number of aromatic nitrogens is 2. The molecular formula is C14H19N3O2. The molecule has 2 rings (SSSR count). The van der Waals surface area contributed by atoms with Crippen LogP contribution in [0.2, 0.25) is 0 Å². The molecule has 19 heavy (non-hydrogen) atoms. The van der Waals surface area contributed by atoms with Crippen molar-refractivity contribution in [2.24, 2.45) is 7.05 Å². The summed E-state index contributed by atoms with van der Waals surface area (Å²) in [7, 11) is 1.98. The molecule has 1 heterocycles. The molecule has 5 nitrogen and oxygen atoms in total. The van der Waals surface area contributed by atoms with Gasteiger partial charge < -0.3 is 20.1 Å². The lowest BCUT2D eigenvalue weighted by Gasteiger charge is -2.11. The van der Waals surface area contributed by atoms with Crippen LogP contribution in [0.25, 0.3) is 0 Å². The summed E-state index contributed by atoms with van der Waals surface area (Å²) in [6.07, 6.45) is 1.84. The van der Waals surface area contributed by atoms with E-state index in [0.29, 0.717) is 6.54 Å². The van der Waals surface area contributed by atoms with E-state index in [1.165, 1.54) is 0 Å².